The highest BCUT2D eigenvalue weighted by Crippen LogP contribution is 2.25. The maximum atomic E-state index is 13.0. The first-order valence-corrected chi connectivity index (χ1v) is 10.3. The number of benzene rings is 2. The van der Waals surface area contributed by atoms with Crippen LogP contribution >= 0.6 is 0 Å². The molecule has 2 aromatic carbocycles. The molecule has 1 atom stereocenters. The van der Waals surface area contributed by atoms with Crippen LogP contribution in [0.3, 0.4) is 0 Å². The number of hydrogen-bond acceptors (Lipinski definition) is 4. The van der Waals surface area contributed by atoms with Crippen molar-refractivity contribution >= 4 is 11.7 Å². The number of halogens is 1. The largest absolute Gasteiger partial charge is 0.354 e. The Kier molecular flexibility index (Phi) is 6.02. The molecule has 3 aromatic rings. The number of hydrogen-bond donors (Lipinski definition) is 1. The fraction of sp³-hybridized carbons (Fsp3) is 0.292. The Morgan fingerprint density at radius 1 is 1.10 bits per heavy atom. The summed E-state index contributed by atoms with van der Waals surface area (Å²) in [4.78, 5) is 14.8. The molecule has 0 spiro atoms. The van der Waals surface area contributed by atoms with Crippen molar-refractivity contribution in [2.45, 2.75) is 26.3 Å². The molecule has 6 heteroatoms. The third kappa shape index (κ3) is 4.64. The third-order valence-electron chi connectivity index (χ3n) is 5.57. The van der Waals surface area contributed by atoms with Crippen LogP contribution in [0.15, 0.2) is 60.7 Å². The summed E-state index contributed by atoms with van der Waals surface area (Å²) >= 11 is 0. The Morgan fingerprint density at radius 3 is 2.63 bits per heavy atom. The maximum absolute atomic E-state index is 13.0. The van der Waals surface area contributed by atoms with E-state index >= 15 is 0 Å². The highest BCUT2D eigenvalue weighted by atomic mass is 19.1. The molecule has 0 aliphatic carbocycles. The number of aryl methyl sites for hydroxylation is 1. The normalized spacial score (nSPS) is 16.3. The number of piperidine rings is 1. The van der Waals surface area contributed by atoms with Crippen molar-refractivity contribution < 1.29 is 9.18 Å². The average molecular weight is 404 g/mol. The van der Waals surface area contributed by atoms with Crippen LogP contribution in [0.4, 0.5) is 10.2 Å². The van der Waals surface area contributed by atoms with Gasteiger partial charge in [0.25, 0.3) is 0 Å². The van der Waals surface area contributed by atoms with Gasteiger partial charge in [-0.05, 0) is 55.2 Å². The van der Waals surface area contributed by atoms with Crippen LogP contribution in [-0.4, -0.2) is 29.2 Å². The average Bonchev–Trinajstić information content (AvgIpc) is 2.79. The fourth-order valence-electron chi connectivity index (χ4n) is 3.83. The number of carbonyl (C=O) groups is 1. The molecule has 1 saturated heterocycles. The molecule has 1 amide bonds. The number of aromatic nitrogens is 2. The number of nitrogens with zero attached hydrogens (tertiary/aromatic N) is 3. The zero-order chi connectivity index (χ0) is 20.9. The maximum Gasteiger partial charge on any atom is 0.225 e. The quantitative estimate of drug-likeness (QED) is 0.695. The number of anilines is 1. The minimum absolute atomic E-state index is 0.0218. The van der Waals surface area contributed by atoms with E-state index in [9.17, 15) is 9.18 Å². The highest BCUT2D eigenvalue weighted by Gasteiger charge is 2.26. The molecule has 4 rings (SSSR count). The van der Waals surface area contributed by atoms with Crippen LogP contribution in [0, 0.1) is 18.7 Å². The van der Waals surface area contributed by atoms with Gasteiger partial charge in [-0.1, -0.05) is 36.4 Å². The van der Waals surface area contributed by atoms with Crippen molar-refractivity contribution in [3.63, 3.8) is 0 Å². The predicted octanol–water partition coefficient (Wildman–Crippen LogP) is 4.12. The van der Waals surface area contributed by atoms with Gasteiger partial charge < -0.3 is 10.2 Å². The second-order valence-electron chi connectivity index (χ2n) is 7.72. The molecule has 30 heavy (non-hydrogen) atoms. The monoisotopic (exact) mass is 404 g/mol. The van der Waals surface area contributed by atoms with E-state index in [1.807, 2.05) is 30.3 Å². The van der Waals surface area contributed by atoms with Crippen LogP contribution in [0.1, 0.15) is 24.0 Å². The van der Waals surface area contributed by atoms with E-state index < -0.39 is 0 Å². The summed E-state index contributed by atoms with van der Waals surface area (Å²) in [5.41, 5.74) is 3.97. The summed E-state index contributed by atoms with van der Waals surface area (Å²) < 4.78 is 13.0. The topological polar surface area (TPSA) is 58.1 Å². The van der Waals surface area contributed by atoms with Crippen molar-refractivity contribution in [3.05, 3.63) is 77.6 Å². The van der Waals surface area contributed by atoms with Crippen LogP contribution in [0.5, 0.6) is 0 Å². The predicted molar refractivity (Wildman–Crippen MR) is 115 cm³/mol. The first-order chi connectivity index (χ1) is 14.6. The molecule has 0 radical (unpaired) electrons. The lowest BCUT2D eigenvalue weighted by molar-refractivity contribution is -0.125. The standard InChI is InChI=1S/C24H25FN4O/c1-17-5-2-3-7-21(17)22-12-13-23(28-27-22)29-14-4-6-19(16-29)24(30)26-15-18-8-10-20(25)11-9-18/h2-3,5,7-13,19H,4,6,14-16H2,1H3,(H,26,30)/t19-/m0/s1. The smallest absolute Gasteiger partial charge is 0.225 e. The van der Waals surface area contributed by atoms with Crippen molar-refractivity contribution in [2.75, 3.05) is 18.0 Å². The molecule has 1 aromatic heterocycles. The Labute approximate surface area is 176 Å². The Morgan fingerprint density at radius 2 is 1.90 bits per heavy atom. The number of rotatable bonds is 5. The van der Waals surface area contributed by atoms with Gasteiger partial charge in [-0.2, -0.15) is 0 Å². The second-order valence-corrected chi connectivity index (χ2v) is 7.72. The van der Waals surface area contributed by atoms with E-state index in [4.69, 9.17) is 0 Å². The molecule has 1 aliphatic rings. The van der Waals surface area contributed by atoms with Gasteiger partial charge in [0.1, 0.15) is 5.82 Å². The molecule has 154 valence electrons. The van der Waals surface area contributed by atoms with E-state index in [1.165, 1.54) is 12.1 Å². The van der Waals surface area contributed by atoms with E-state index in [1.54, 1.807) is 12.1 Å². The first-order valence-electron chi connectivity index (χ1n) is 10.3. The lowest BCUT2D eigenvalue weighted by atomic mass is 9.97. The zero-order valence-corrected chi connectivity index (χ0v) is 17.0. The number of carbonyl (C=O) groups excluding carboxylic acids is 1. The van der Waals surface area contributed by atoms with E-state index in [0.717, 1.165) is 47.6 Å². The third-order valence-corrected chi connectivity index (χ3v) is 5.57. The molecule has 2 heterocycles. The summed E-state index contributed by atoms with van der Waals surface area (Å²) in [7, 11) is 0. The first kappa shape index (κ1) is 20.0. The van der Waals surface area contributed by atoms with Crippen LogP contribution in [0.25, 0.3) is 11.3 Å². The summed E-state index contributed by atoms with van der Waals surface area (Å²) in [6.45, 7) is 3.94. The van der Waals surface area contributed by atoms with Gasteiger partial charge in [-0.3, -0.25) is 4.79 Å². The Bertz CT molecular complexity index is 1000. The molecule has 1 fully saturated rings. The van der Waals surface area contributed by atoms with E-state index in [0.29, 0.717) is 13.1 Å². The molecule has 0 bridgehead atoms. The molecular weight excluding hydrogens is 379 g/mol. The summed E-state index contributed by atoms with van der Waals surface area (Å²) in [6, 6.07) is 18.3. The van der Waals surface area contributed by atoms with Gasteiger partial charge in [0.2, 0.25) is 5.91 Å². The van der Waals surface area contributed by atoms with Crippen molar-refractivity contribution in [1.82, 2.24) is 15.5 Å². The summed E-state index contributed by atoms with van der Waals surface area (Å²) in [6.07, 6.45) is 1.77. The zero-order valence-electron chi connectivity index (χ0n) is 17.0. The van der Waals surface area contributed by atoms with Gasteiger partial charge in [0.05, 0.1) is 11.6 Å². The summed E-state index contributed by atoms with van der Waals surface area (Å²) in [5, 5.41) is 11.8. The van der Waals surface area contributed by atoms with Crippen molar-refractivity contribution in [2.24, 2.45) is 5.92 Å². The number of amides is 1. The van der Waals surface area contributed by atoms with Crippen LogP contribution in [-0.2, 0) is 11.3 Å². The molecule has 0 saturated carbocycles. The van der Waals surface area contributed by atoms with Gasteiger partial charge in [-0.25, -0.2) is 4.39 Å². The van der Waals surface area contributed by atoms with Gasteiger partial charge in [0, 0.05) is 25.2 Å². The minimum Gasteiger partial charge on any atom is -0.354 e. The van der Waals surface area contributed by atoms with E-state index in [-0.39, 0.29) is 17.6 Å². The minimum atomic E-state index is -0.275. The van der Waals surface area contributed by atoms with Crippen molar-refractivity contribution in [1.29, 1.82) is 0 Å². The van der Waals surface area contributed by atoms with Crippen LogP contribution < -0.4 is 10.2 Å². The second kappa shape index (κ2) is 9.03. The molecule has 1 aliphatic heterocycles. The molecular formula is C24H25FN4O. The van der Waals surface area contributed by atoms with Gasteiger partial charge in [0.15, 0.2) is 5.82 Å². The summed E-state index contributed by atoms with van der Waals surface area (Å²) in [5.74, 6) is 0.441. The van der Waals surface area contributed by atoms with Crippen LogP contribution in [0.2, 0.25) is 0 Å². The molecule has 1 N–H and O–H groups in total. The lowest BCUT2D eigenvalue weighted by Gasteiger charge is -2.32. The SMILES string of the molecule is Cc1ccccc1-c1ccc(N2CCC[C@H](C(=O)NCc3ccc(F)cc3)C2)nn1. The van der Waals surface area contributed by atoms with E-state index in [2.05, 4.69) is 33.4 Å². The molecule has 5 nitrogen and oxygen atoms in total. The van der Waals surface area contributed by atoms with Gasteiger partial charge in [-0.15, -0.1) is 10.2 Å². The molecule has 0 unspecified atom stereocenters. The fourth-order valence-corrected chi connectivity index (χ4v) is 3.83. The Balaban J connectivity index is 1.38. The highest BCUT2D eigenvalue weighted by molar-refractivity contribution is 5.79. The lowest BCUT2D eigenvalue weighted by Crippen LogP contribution is -2.43. The van der Waals surface area contributed by atoms with Gasteiger partial charge >= 0.3 is 0 Å². The Hall–Kier alpha value is -3.28. The number of nitrogens with one attached hydrogen (secondary N) is 1. The van der Waals surface area contributed by atoms with Crippen molar-refractivity contribution in [3.8, 4) is 11.3 Å².